The number of benzene rings is 3. The smallest absolute Gasteiger partial charge is 0.546 e. The Morgan fingerprint density at radius 1 is 0.882 bits per heavy atom. The summed E-state index contributed by atoms with van der Waals surface area (Å²) < 4.78 is 86.8. The van der Waals surface area contributed by atoms with Gasteiger partial charge in [0.15, 0.2) is 5.78 Å². The van der Waals surface area contributed by atoms with E-state index >= 15 is 0 Å². The molecule has 0 saturated carbocycles. The molecule has 2 heterocycles. The molecule has 0 radical (unpaired) electrons. The highest BCUT2D eigenvalue weighted by Gasteiger charge is 2.32. The number of ether oxygens (including phenoxy) is 2. The Balaban J connectivity index is 1.29. The van der Waals surface area contributed by atoms with E-state index in [1.54, 1.807) is 37.3 Å². The minimum atomic E-state index is -4.78. The lowest BCUT2D eigenvalue weighted by molar-refractivity contribution is -0.320. The summed E-state index contributed by atoms with van der Waals surface area (Å²) in [6.07, 6.45) is -8.81. The van der Waals surface area contributed by atoms with Crippen LogP contribution in [0.25, 0.3) is 10.6 Å². The van der Waals surface area contributed by atoms with Gasteiger partial charge < -0.3 is 24.3 Å². The Kier molecular flexibility index (Phi) is 11.0. The van der Waals surface area contributed by atoms with Gasteiger partial charge in [0.05, 0.1) is 17.2 Å². The van der Waals surface area contributed by atoms with E-state index in [4.69, 9.17) is 9.72 Å². The third kappa shape index (κ3) is 9.79. The Morgan fingerprint density at radius 2 is 1.53 bits per heavy atom. The number of nitrogens with zero attached hydrogens (tertiary/aromatic N) is 3. The minimum Gasteiger partial charge on any atom is -0.546 e. The maximum absolute atomic E-state index is 13.3. The van der Waals surface area contributed by atoms with Gasteiger partial charge in [-0.2, -0.15) is 13.2 Å². The normalized spacial score (nSPS) is 14.4. The molecule has 4 aromatic rings. The van der Waals surface area contributed by atoms with Crippen LogP contribution in [-0.2, 0) is 23.9 Å². The summed E-state index contributed by atoms with van der Waals surface area (Å²) in [5, 5.41) is 11.9. The number of piperazine rings is 1. The van der Waals surface area contributed by atoms with E-state index in [0.29, 0.717) is 72.3 Å². The first kappa shape index (κ1) is 37.6. The number of carbonyl (C=O) groups excluding carboxylic acids is 2. The number of aliphatic carboxylic acids is 1. The second kappa shape index (κ2) is 14.9. The quantitative estimate of drug-likeness (QED) is 0.113. The minimum absolute atomic E-state index is 0.119. The van der Waals surface area contributed by atoms with Crippen LogP contribution in [0.15, 0.2) is 66.7 Å². The third-order valence-corrected chi connectivity index (χ3v) is 9.56. The number of thiazole rings is 1. The highest BCUT2D eigenvalue weighted by molar-refractivity contribution is 7.15. The molecule has 0 N–H and O–H groups in total. The van der Waals surface area contributed by atoms with Crippen molar-refractivity contribution in [3.8, 4) is 22.1 Å². The van der Waals surface area contributed by atoms with Gasteiger partial charge in [0.2, 0.25) is 0 Å². The van der Waals surface area contributed by atoms with Crippen molar-refractivity contribution in [2.75, 3.05) is 31.1 Å². The van der Waals surface area contributed by atoms with Crippen molar-refractivity contribution < 1.29 is 50.5 Å². The van der Waals surface area contributed by atoms with Crippen LogP contribution in [-0.4, -0.2) is 59.8 Å². The van der Waals surface area contributed by atoms with Crippen molar-refractivity contribution in [1.82, 2.24) is 9.88 Å². The maximum atomic E-state index is 13.3. The first-order valence-corrected chi connectivity index (χ1v) is 16.7. The molecule has 1 fully saturated rings. The SMILES string of the molecule is Cc1cc(C(=O)CCc2sc(-c3ccc(C(F)(F)F)cc3)nc2CN2CCN(c3ccc(OC(F)(F)F)cc3)CC2)ccc1OC(C)(C)C(=O)[O-]. The van der Waals surface area contributed by atoms with Crippen LogP contribution in [0, 0.1) is 6.92 Å². The largest absolute Gasteiger partial charge is 0.573 e. The second-order valence-corrected chi connectivity index (χ2v) is 13.7. The van der Waals surface area contributed by atoms with Gasteiger partial charge in [-0.25, -0.2) is 4.98 Å². The number of hydrogen-bond acceptors (Lipinski definition) is 9. The van der Waals surface area contributed by atoms with Crippen LogP contribution in [0.2, 0.25) is 0 Å². The number of Topliss-reactive ketones (excluding diaryl/α,β-unsaturated/α-hetero) is 1. The van der Waals surface area contributed by atoms with Crippen LogP contribution in [0.5, 0.6) is 11.5 Å². The highest BCUT2D eigenvalue weighted by atomic mass is 32.1. The Hall–Kier alpha value is -4.63. The van der Waals surface area contributed by atoms with Crippen molar-refractivity contribution in [3.63, 3.8) is 0 Å². The van der Waals surface area contributed by atoms with E-state index in [1.807, 2.05) is 4.90 Å². The number of carboxylic acids is 1. The Bertz CT molecular complexity index is 1850. The number of hydrogen-bond donors (Lipinski definition) is 0. The lowest BCUT2D eigenvalue weighted by atomic mass is 10.0. The molecule has 3 aromatic carbocycles. The van der Waals surface area contributed by atoms with Crippen molar-refractivity contribution in [2.45, 2.75) is 58.3 Å². The molecule has 15 heteroatoms. The number of carbonyl (C=O) groups is 2. The second-order valence-electron chi connectivity index (χ2n) is 12.6. The van der Waals surface area contributed by atoms with Crippen LogP contribution in [0.1, 0.15) is 52.3 Å². The van der Waals surface area contributed by atoms with Gasteiger partial charge in [0, 0.05) is 60.8 Å². The van der Waals surface area contributed by atoms with Gasteiger partial charge in [-0.05, 0) is 87.4 Å². The molecule has 0 spiro atoms. The van der Waals surface area contributed by atoms with Crippen molar-refractivity contribution in [2.24, 2.45) is 0 Å². The number of rotatable bonds is 12. The molecule has 5 rings (SSSR count). The van der Waals surface area contributed by atoms with Gasteiger partial charge >= 0.3 is 12.5 Å². The van der Waals surface area contributed by atoms with Crippen LogP contribution in [0.3, 0.4) is 0 Å². The summed E-state index contributed by atoms with van der Waals surface area (Å²) in [5.41, 5.74) is 0.603. The lowest BCUT2D eigenvalue weighted by Crippen LogP contribution is -2.48. The first-order chi connectivity index (χ1) is 23.9. The average Bonchev–Trinajstić information content (AvgIpc) is 3.46. The zero-order chi connectivity index (χ0) is 37.1. The van der Waals surface area contributed by atoms with E-state index in [9.17, 15) is 41.0 Å². The third-order valence-electron chi connectivity index (χ3n) is 8.35. The molecular formula is C36H34F6N3O5S-. The molecule has 0 aliphatic carbocycles. The number of ketones is 1. The molecule has 1 aliphatic rings. The number of carboxylic acid groups (broad SMARTS) is 1. The van der Waals surface area contributed by atoms with Crippen molar-refractivity contribution >= 4 is 28.8 Å². The zero-order valence-electron chi connectivity index (χ0n) is 27.9. The Labute approximate surface area is 294 Å². The van der Waals surface area contributed by atoms with Gasteiger partial charge in [0.25, 0.3) is 0 Å². The Morgan fingerprint density at radius 3 is 2.10 bits per heavy atom. The van der Waals surface area contributed by atoms with Gasteiger partial charge in [-0.1, -0.05) is 12.1 Å². The van der Waals surface area contributed by atoms with Crippen LogP contribution >= 0.6 is 11.3 Å². The van der Waals surface area contributed by atoms with Crippen LogP contribution in [0.4, 0.5) is 32.0 Å². The molecule has 0 bridgehead atoms. The molecule has 0 amide bonds. The van der Waals surface area contributed by atoms with E-state index in [-0.39, 0.29) is 18.0 Å². The molecular weight excluding hydrogens is 700 g/mol. The molecule has 51 heavy (non-hydrogen) atoms. The van der Waals surface area contributed by atoms with Gasteiger partial charge in [-0.15, -0.1) is 24.5 Å². The highest BCUT2D eigenvalue weighted by Crippen LogP contribution is 2.35. The summed E-state index contributed by atoms with van der Waals surface area (Å²) in [5.74, 6) is -1.55. The number of aromatic nitrogens is 1. The fraction of sp³-hybridized carbons (Fsp3) is 0.361. The fourth-order valence-corrected chi connectivity index (χ4v) is 6.56. The van der Waals surface area contributed by atoms with E-state index in [1.165, 1.54) is 49.4 Å². The van der Waals surface area contributed by atoms with E-state index in [0.717, 1.165) is 22.7 Å². The number of alkyl halides is 6. The van der Waals surface area contributed by atoms with Crippen molar-refractivity contribution in [1.29, 1.82) is 0 Å². The summed E-state index contributed by atoms with van der Waals surface area (Å²) in [7, 11) is 0. The monoisotopic (exact) mass is 734 g/mol. The maximum Gasteiger partial charge on any atom is 0.573 e. The molecule has 0 atom stereocenters. The van der Waals surface area contributed by atoms with E-state index in [2.05, 4.69) is 9.64 Å². The predicted octanol–water partition coefficient (Wildman–Crippen LogP) is 7.08. The average molecular weight is 735 g/mol. The summed E-state index contributed by atoms with van der Waals surface area (Å²) >= 11 is 1.31. The molecule has 1 aliphatic heterocycles. The molecule has 1 saturated heterocycles. The molecule has 0 unspecified atom stereocenters. The van der Waals surface area contributed by atoms with E-state index < -0.39 is 29.7 Å². The molecule has 1 aromatic heterocycles. The van der Waals surface area contributed by atoms with Crippen LogP contribution < -0.4 is 19.5 Å². The molecule has 272 valence electrons. The van der Waals surface area contributed by atoms with Gasteiger partial charge in [-0.3, -0.25) is 9.69 Å². The summed E-state index contributed by atoms with van der Waals surface area (Å²) in [6.45, 7) is 7.24. The lowest BCUT2D eigenvalue weighted by Gasteiger charge is -2.36. The number of anilines is 1. The number of halogens is 6. The predicted molar refractivity (Wildman–Crippen MR) is 177 cm³/mol. The topological polar surface area (TPSA) is 95.0 Å². The molecule has 8 nitrogen and oxygen atoms in total. The number of aryl methyl sites for hydroxylation is 2. The summed E-state index contributed by atoms with van der Waals surface area (Å²) in [4.78, 5) is 34.5. The van der Waals surface area contributed by atoms with Gasteiger partial charge in [0.1, 0.15) is 22.1 Å². The first-order valence-electron chi connectivity index (χ1n) is 15.9. The summed E-state index contributed by atoms with van der Waals surface area (Å²) in [6, 6.07) is 15.2. The standard InChI is InChI=1S/C36H35F6N3O5S/c1-22-20-24(6-14-30(22)50-34(2,3)33(47)48)29(46)13-15-31-28(43-32(51-31)23-4-7-25(8-5-23)35(37,38)39)21-44-16-18-45(19-17-44)26-9-11-27(12-10-26)49-36(40,41)42/h4-12,14,20H,13,15-19,21H2,1-3H3,(H,47,48)/p-1. The van der Waals surface area contributed by atoms with Crippen molar-refractivity contribution in [3.05, 3.63) is 94.0 Å². The zero-order valence-corrected chi connectivity index (χ0v) is 28.7. The fourth-order valence-electron chi connectivity index (χ4n) is 5.49.